The lowest BCUT2D eigenvalue weighted by Gasteiger charge is -2.20. The molecule has 2 heterocycles. The minimum atomic E-state index is 0.386. The van der Waals surface area contributed by atoms with Gasteiger partial charge < -0.3 is 20.0 Å². The van der Waals surface area contributed by atoms with Gasteiger partial charge in [-0.3, -0.25) is 4.99 Å². The molecule has 0 saturated carbocycles. The van der Waals surface area contributed by atoms with Crippen LogP contribution < -0.4 is 15.5 Å². The maximum absolute atomic E-state index is 5.85. The Balaban J connectivity index is 1.32. The number of fused-ring (bicyclic) bond motifs is 1. The van der Waals surface area contributed by atoms with Crippen molar-refractivity contribution in [2.24, 2.45) is 4.99 Å². The van der Waals surface area contributed by atoms with E-state index in [2.05, 4.69) is 63.0 Å². The van der Waals surface area contributed by atoms with Crippen LogP contribution in [0.2, 0.25) is 0 Å². The summed E-state index contributed by atoms with van der Waals surface area (Å²) >= 11 is 0. The number of benzene rings is 2. The van der Waals surface area contributed by atoms with E-state index in [4.69, 9.17) is 4.42 Å². The van der Waals surface area contributed by atoms with E-state index in [0.29, 0.717) is 12.6 Å². The Bertz CT molecular complexity index is 854. The Morgan fingerprint density at radius 2 is 1.96 bits per heavy atom. The topological polar surface area (TPSA) is 52.8 Å². The van der Waals surface area contributed by atoms with Gasteiger partial charge in [-0.15, -0.1) is 0 Å². The van der Waals surface area contributed by atoms with Crippen LogP contribution >= 0.6 is 0 Å². The second-order valence-corrected chi connectivity index (χ2v) is 6.59. The van der Waals surface area contributed by atoms with Gasteiger partial charge in [0.2, 0.25) is 0 Å². The zero-order valence-corrected chi connectivity index (χ0v) is 15.0. The third-order valence-electron chi connectivity index (χ3n) is 4.78. The van der Waals surface area contributed by atoms with E-state index in [0.717, 1.165) is 42.2 Å². The summed E-state index contributed by atoms with van der Waals surface area (Å²) in [5.74, 6) is 1.72. The molecule has 0 bridgehead atoms. The van der Waals surface area contributed by atoms with Crippen LogP contribution in [0.25, 0.3) is 11.0 Å². The molecule has 1 aromatic heterocycles. The molecular weight excluding hydrogens is 324 g/mol. The van der Waals surface area contributed by atoms with Crippen LogP contribution in [0, 0.1) is 0 Å². The van der Waals surface area contributed by atoms with Crippen molar-refractivity contribution in [1.82, 2.24) is 10.6 Å². The first-order valence-corrected chi connectivity index (χ1v) is 9.06. The first kappa shape index (κ1) is 16.5. The van der Waals surface area contributed by atoms with Gasteiger partial charge in [0.15, 0.2) is 5.96 Å². The van der Waals surface area contributed by atoms with E-state index in [1.807, 2.05) is 18.2 Å². The summed E-state index contributed by atoms with van der Waals surface area (Å²) in [5, 5.41) is 8.01. The number of anilines is 1. The van der Waals surface area contributed by atoms with E-state index < -0.39 is 0 Å². The van der Waals surface area contributed by atoms with Crippen molar-refractivity contribution in [2.75, 3.05) is 25.0 Å². The molecule has 2 N–H and O–H groups in total. The molecule has 1 aliphatic heterocycles. The molecule has 4 rings (SSSR count). The summed E-state index contributed by atoms with van der Waals surface area (Å²) < 4.78 is 5.85. The molecule has 26 heavy (non-hydrogen) atoms. The average Bonchev–Trinajstić information content (AvgIpc) is 3.32. The predicted molar refractivity (Wildman–Crippen MR) is 107 cm³/mol. The van der Waals surface area contributed by atoms with Gasteiger partial charge in [-0.2, -0.15) is 0 Å². The van der Waals surface area contributed by atoms with Crippen molar-refractivity contribution >= 4 is 22.6 Å². The summed E-state index contributed by atoms with van der Waals surface area (Å²) in [4.78, 5) is 6.76. The highest BCUT2D eigenvalue weighted by atomic mass is 16.3. The monoisotopic (exact) mass is 348 g/mol. The van der Waals surface area contributed by atoms with E-state index in [1.165, 1.54) is 5.69 Å². The lowest BCUT2D eigenvalue weighted by atomic mass is 10.2. The number of aliphatic imine (C=N–C) groups is 1. The summed E-state index contributed by atoms with van der Waals surface area (Å²) in [6.45, 7) is 2.65. The third kappa shape index (κ3) is 3.67. The van der Waals surface area contributed by atoms with Gasteiger partial charge in [0.05, 0.1) is 6.54 Å². The zero-order chi connectivity index (χ0) is 17.8. The molecule has 1 fully saturated rings. The first-order chi connectivity index (χ1) is 12.8. The number of nitrogens with zero attached hydrogens (tertiary/aromatic N) is 2. The fraction of sp³-hybridized carbons (Fsp3) is 0.286. The molecule has 1 atom stereocenters. The summed E-state index contributed by atoms with van der Waals surface area (Å²) in [7, 11) is 1.80. The SMILES string of the molecule is CN=C(NCc1cc2ccccc2o1)NC1CCN(c2ccccc2)C1. The molecule has 1 unspecified atom stereocenters. The number of nitrogens with one attached hydrogen (secondary N) is 2. The average molecular weight is 348 g/mol. The van der Waals surface area contributed by atoms with Crippen molar-refractivity contribution in [3.63, 3.8) is 0 Å². The molecule has 0 aliphatic carbocycles. The van der Waals surface area contributed by atoms with Gasteiger partial charge in [0.25, 0.3) is 0 Å². The Morgan fingerprint density at radius 3 is 2.77 bits per heavy atom. The molecule has 2 aromatic carbocycles. The van der Waals surface area contributed by atoms with Crippen molar-refractivity contribution in [2.45, 2.75) is 19.0 Å². The molecule has 0 radical (unpaired) electrons. The fourth-order valence-corrected chi connectivity index (χ4v) is 3.43. The minimum absolute atomic E-state index is 0.386. The maximum Gasteiger partial charge on any atom is 0.191 e. The number of para-hydroxylation sites is 2. The number of furan rings is 1. The molecular formula is C21H24N4O. The van der Waals surface area contributed by atoms with Crippen molar-refractivity contribution in [3.8, 4) is 0 Å². The Kier molecular flexibility index (Phi) is 4.78. The van der Waals surface area contributed by atoms with Gasteiger partial charge >= 0.3 is 0 Å². The lowest BCUT2D eigenvalue weighted by Crippen LogP contribution is -2.44. The second kappa shape index (κ2) is 7.52. The summed E-state index contributed by atoms with van der Waals surface area (Å²) in [5.41, 5.74) is 2.20. The van der Waals surface area contributed by atoms with E-state index in [-0.39, 0.29) is 0 Å². The molecule has 1 aliphatic rings. The summed E-state index contributed by atoms with van der Waals surface area (Å²) in [6, 6.07) is 21.1. The number of hydrogen-bond acceptors (Lipinski definition) is 3. The predicted octanol–water partition coefficient (Wildman–Crippen LogP) is 3.38. The highest BCUT2D eigenvalue weighted by Crippen LogP contribution is 2.20. The van der Waals surface area contributed by atoms with Crippen LogP contribution in [0.1, 0.15) is 12.2 Å². The quantitative estimate of drug-likeness (QED) is 0.561. The van der Waals surface area contributed by atoms with E-state index >= 15 is 0 Å². The number of guanidine groups is 1. The highest BCUT2D eigenvalue weighted by molar-refractivity contribution is 5.81. The lowest BCUT2D eigenvalue weighted by molar-refractivity contribution is 0.535. The van der Waals surface area contributed by atoms with Crippen LogP contribution in [0.3, 0.4) is 0 Å². The number of rotatable bonds is 4. The summed E-state index contributed by atoms with van der Waals surface area (Å²) in [6.07, 6.45) is 1.10. The number of hydrogen-bond donors (Lipinski definition) is 2. The van der Waals surface area contributed by atoms with Crippen LogP contribution in [0.4, 0.5) is 5.69 Å². The zero-order valence-electron chi connectivity index (χ0n) is 15.0. The van der Waals surface area contributed by atoms with Crippen molar-refractivity contribution < 1.29 is 4.42 Å². The second-order valence-electron chi connectivity index (χ2n) is 6.59. The fourth-order valence-electron chi connectivity index (χ4n) is 3.43. The Morgan fingerprint density at radius 1 is 1.15 bits per heavy atom. The molecule has 5 nitrogen and oxygen atoms in total. The third-order valence-corrected chi connectivity index (χ3v) is 4.78. The van der Waals surface area contributed by atoms with Crippen LogP contribution in [-0.4, -0.2) is 32.1 Å². The molecule has 134 valence electrons. The Hall–Kier alpha value is -2.95. The largest absolute Gasteiger partial charge is 0.459 e. The first-order valence-electron chi connectivity index (χ1n) is 9.06. The van der Waals surface area contributed by atoms with Crippen LogP contribution in [0.15, 0.2) is 70.1 Å². The van der Waals surface area contributed by atoms with Crippen LogP contribution in [0.5, 0.6) is 0 Å². The van der Waals surface area contributed by atoms with Gasteiger partial charge in [-0.1, -0.05) is 36.4 Å². The minimum Gasteiger partial charge on any atom is -0.459 e. The van der Waals surface area contributed by atoms with E-state index in [1.54, 1.807) is 7.05 Å². The molecule has 0 spiro atoms. The van der Waals surface area contributed by atoms with Gasteiger partial charge in [-0.05, 0) is 30.7 Å². The van der Waals surface area contributed by atoms with E-state index in [9.17, 15) is 0 Å². The highest BCUT2D eigenvalue weighted by Gasteiger charge is 2.23. The van der Waals surface area contributed by atoms with Gasteiger partial charge in [-0.25, -0.2) is 0 Å². The maximum atomic E-state index is 5.85. The molecule has 1 saturated heterocycles. The standard InChI is InChI=1S/C21H24N4O/c1-22-21(23-14-19-13-16-7-5-6-10-20(16)26-19)24-17-11-12-25(15-17)18-8-3-2-4-9-18/h2-10,13,17H,11-12,14-15H2,1H3,(H2,22,23,24). The molecule has 3 aromatic rings. The van der Waals surface area contributed by atoms with Crippen LogP contribution in [-0.2, 0) is 6.54 Å². The molecule has 0 amide bonds. The van der Waals surface area contributed by atoms with Gasteiger partial charge in [0.1, 0.15) is 11.3 Å². The smallest absolute Gasteiger partial charge is 0.191 e. The normalized spacial score (nSPS) is 17.7. The molecule has 5 heteroatoms. The van der Waals surface area contributed by atoms with Crippen molar-refractivity contribution in [3.05, 3.63) is 66.4 Å². The van der Waals surface area contributed by atoms with Gasteiger partial charge in [0, 0.05) is 37.3 Å². The van der Waals surface area contributed by atoms with Crippen molar-refractivity contribution in [1.29, 1.82) is 0 Å². The Labute approximate surface area is 153 Å².